The Morgan fingerprint density at radius 3 is 2.74 bits per heavy atom. The van der Waals surface area contributed by atoms with Crippen molar-refractivity contribution in [1.82, 2.24) is 25.6 Å². The monoisotopic (exact) mass is 366 g/mol. The average molecular weight is 366 g/mol. The molecule has 0 aliphatic carbocycles. The Bertz CT molecular complexity index is 882. The van der Waals surface area contributed by atoms with Crippen LogP contribution in [0.1, 0.15) is 49.7 Å². The summed E-state index contributed by atoms with van der Waals surface area (Å²) in [5.41, 5.74) is 3.13. The fourth-order valence-electron chi connectivity index (χ4n) is 2.70. The number of guanidine groups is 1. The summed E-state index contributed by atoms with van der Waals surface area (Å²) < 4.78 is 7.21. The van der Waals surface area contributed by atoms with Crippen LogP contribution >= 0.6 is 0 Å². The predicted molar refractivity (Wildman–Crippen MR) is 106 cm³/mol. The van der Waals surface area contributed by atoms with Gasteiger partial charge in [-0.1, -0.05) is 31.1 Å². The van der Waals surface area contributed by atoms with Crippen molar-refractivity contribution in [3.63, 3.8) is 0 Å². The lowest BCUT2D eigenvalue weighted by molar-refractivity contribution is 0.371. The van der Waals surface area contributed by atoms with E-state index in [2.05, 4.69) is 58.8 Å². The van der Waals surface area contributed by atoms with Crippen LogP contribution in [0.5, 0.6) is 0 Å². The molecule has 0 saturated carbocycles. The molecule has 7 heteroatoms. The first-order chi connectivity index (χ1) is 13.1. The Morgan fingerprint density at radius 2 is 2.07 bits per heavy atom. The smallest absolute Gasteiger partial charge is 0.191 e. The summed E-state index contributed by atoms with van der Waals surface area (Å²) in [5, 5.41) is 15.0. The van der Waals surface area contributed by atoms with Gasteiger partial charge < -0.3 is 15.2 Å². The Labute approximate surface area is 159 Å². The van der Waals surface area contributed by atoms with Crippen LogP contribution in [0.2, 0.25) is 0 Å². The molecule has 0 spiro atoms. The van der Waals surface area contributed by atoms with Crippen molar-refractivity contribution < 1.29 is 4.52 Å². The number of hydrogen-bond donors (Lipinski definition) is 2. The van der Waals surface area contributed by atoms with Crippen molar-refractivity contribution >= 4 is 5.96 Å². The van der Waals surface area contributed by atoms with Crippen LogP contribution in [0.25, 0.3) is 5.69 Å². The Morgan fingerprint density at radius 1 is 1.22 bits per heavy atom. The zero-order valence-electron chi connectivity index (χ0n) is 16.2. The van der Waals surface area contributed by atoms with Gasteiger partial charge in [-0.2, -0.15) is 5.10 Å². The molecule has 142 valence electrons. The number of aliphatic imine (C=N–C) groups is 1. The quantitative estimate of drug-likeness (QED) is 0.516. The van der Waals surface area contributed by atoms with Crippen molar-refractivity contribution in [1.29, 1.82) is 0 Å². The highest BCUT2D eigenvalue weighted by atomic mass is 16.5. The van der Waals surface area contributed by atoms with E-state index in [-0.39, 0.29) is 6.04 Å². The molecule has 0 bridgehead atoms. The maximum atomic E-state index is 5.36. The average Bonchev–Trinajstić information content (AvgIpc) is 3.37. The van der Waals surface area contributed by atoms with Gasteiger partial charge in [-0.05, 0) is 36.6 Å². The molecule has 0 aliphatic rings. The summed E-state index contributed by atoms with van der Waals surface area (Å²) in [6.45, 7) is 6.81. The third kappa shape index (κ3) is 4.75. The molecule has 1 aromatic carbocycles. The molecule has 0 amide bonds. The van der Waals surface area contributed by atoms with E-state index >= 15 is 0 Å². The first-order valence-corrected chi connectivity index (χ1v) is 9.09. The van der Waals surface area contributed by atoms with E-state index < -0.39 is 0 Å². The number of hydrogen-bond acceptors (Lipinski definition) is 4. The van der Waals surface area contributed by atoms with E-state index in [0.717, 1.165) is 22.7 Å². The lowest BCUT2D eigenvalue weighted by atomic mass is 10.1. The minimum Gasteiger partial charge on any atom is -0.359 e. The van der Waals surface area contributed by atoms with Crippen LogP contribution in [0.15, 0.2) is 58.3 Å². The van der Waals surface area contributed by atoms with Gasteiger partial charge in [0, 0.05) is 25.5 Å². The third-order valence-corrected chi connectivity index (χ3v) is 4.31. The largest absolute Gasteiger partial charge is 0.359 e. The maximum Gasteiger partial charge on any atom is 0.191 e. The molecule has 0 saturated heterocycles. The second-order valence-corrected chi connectivity index (χ2v) is 6.71. The summed E-state index contributed by atoms with van der Waals surface area (Å²) in [6.07, 6.45) is 3.70. The zero-order chi connectivity index (χ0) is 19.2. The molecule has 0 radical (unpaired) electrons. The summed E-state index contributed by atoms with van der Waals surface area (Å²) in [7, 11) is 1.75. The molecule has 0 fully saturated rings. The molecule has 1 atom stereocenters. The highest BCUT2D eigenvalue weighted by Gasteiger charge is 2.11. The van der Waals surface area contributed by atoms with Crippen molar-refractivity contribution in [2.75, 3.05) is 7.05 Å². The normalized spacial score (nSPS) is 13.0. The first kappa shape index (κ1) is 18.7. The Hall–Kier alpha value is -3.09. The van der Waals surface area contributed by atoms with Crippen molar-refractivity contribution in [3.05, 3.63) is 65.8 Å². The van der Waals surface area contributed by atoms with E-state index in [1.165, 1.54) is 0 Å². The van der Waals surface area contributed by atoms with Gasteiger partial charge in [0.05, 0.1) is 24.0 Å². The molecule has 0 aliphatic heterocycles. The topological polar surface area (TPSA) is 80.3 Å². The third-order valence-electron chi connectivity index (χ3n) is 4.31. The van der Waals surface area contributed by atoms with Gasteiger partial charge in [0.25, 0.3) is 0 Å². The van der Waals surface area contributed by atoms with E-state index in [9.17, 15) is 0 Å². The van der Waals surface area contributed by atoms with E-state index in [1.54, 1.807) is 13.2 Å². The van der Waals surface area contributed by atoms with Gasteiger partial charge in [-0.3, -0.25) is 4.99 Å². The minimum atomic E-state index is 0.0765. The molecular weight excluding hydrogens is 340 g/mol. The number of benzene rings is 1. The van der Waals surface area contributed by atoms with Crippen molar-refractivity contribution in [2.24, 2.45) is 4.99 Å². The highest BCUT2D eigenvalue weighted by Crippen LogP contribution is 2.17. The van der Waals surface area contributed by atoms with Gasteiger partial charge in [0.1, 0.15) is 0 Å². The van der Waals surface area contributed by atoms with Gasteiger partial charge >= 0.3 is 0 Å². The van der Waals surface area contributed by atoms with Crippen LogP contribution in [-0.4, -0.2) is 27.9 Å². The van der Waals surface area contributed by atoms with Gasteiger partial charge in [-0.25, -0.2) is 4.68 Å². The van der Waals surface area contributed by atoms with Crippen LogP contribution in [-0.2, 0) is 6.54 Å². The molecule has 2 aromatic heterocycles. The number of nitrogens with zero attached hydrogens (tertiary/aromatic N) is 4. The second kappa shape index (κ2) is 8.53. The molecular formula is C20H26N6O. The summed E-state index contributed by atoms with van der Waals surface area (Å²) >= 11 is 0. The fraction of sp³-hybridized carbons (Fsp3) is 0.350. The maximum absolute atomic E-state index is 5.36. The van der Waals surface area contributed by atoms with Crippen molar-refractivity contribution in [2.45, 2.75) is 39.3 Å². The summed E-state index contributed by atoms with van der Waals surface area (Å²) in [6, 6.07) is 12.2. The van der Waals surface area contributed by atoms with Crippen LogP contribution < -0.4 is 10.6 Å². The molecule has 3 aromatic rings. The van der Waals surface area contributed by atoms with Gasteiger partial charge in [-0.15, -0.1) is 0 Å². The Balaban J connectivity index is 1.61. The molecule has 7 nitrogen and oxygen atoms in total. The van der Waals surface area contributed by atoms with E-state index in [1.807, 2.05) is 35.1 Å². The van der Waals surface area contributed by atoms with Crippen LogP contribution in [0.4, 0.5) is 0 Å². The zero-order valence-corrected chi connectivity index (χ0v) is 16.2. The summed E-state index contributed by atoms with van der Waals surface area (Å²) in [5.74, 6) is 1.84. The minimum absolute atomic E-state index is 0.0765. The Kier molecular flexibility index (Phi) is 5.90. The number of aromatic nitrogens is 3. The van der Waals surface area contributed by atoms with Crippen LogP contribution in [0, 0.1) is 0 Å². The fourth-order valence-corrected chi connectivity index (χ4v) is 2.70. The second-order valence-electron chi connectivity index (χ2n) is 6.71. The molecule has 3 rings (SSSR count). The SMILES string of the molecule is CN=C(NCc1cc(C(C)C)no1)NC(C)c1cccc(-n2cccn2)c1. The van der Waals surface area contributed by atoms with Gasteiger partial charge in [0.2, 0.25) is 0 Å². The molecule has 2 N–H and O–H groups in total. The van der Waals surface area contributed by atoms with Gasteiger partial charge in [0.15, 0.2) is 11.7 Å². The lowest BCUT2D eigenvalue weighted by Gasteiger charge is -2.18. The number of nitrogens with one attached hydrogen (secondary N) is 2. The molecule has 1 unspecified atom stereocenters. The molecule has 27 heavy (non-hydrogen) atoms. The van der Waals surface area contributed by atoms with Crippen molar-refractivity contribution in [3.8, 4) is 5.69 Å². The highest BCUT2D eigenvalue weighted by molar-refractivity contribution is 5.80. The number of rotatable bonds is 6. The van der Waals surface area contributed by atoms with E-state index in [0.29, 0.717) is 18.4 Å². The van der Waals surface area contributed by atoms with E-state index in [4.69, 9.17) is 4.52 Å². The van der Waals surface area contributed by atoms with Crippen LogP contribution in [0.3, 0.4) is 0 Å². The first-order valence-electron chi connectivity index (χ1n) is 9.09. The standard InChI is InChI=1S/C20H26N6O/c1-14(2)19-12-18(27-25-19)13-22-20(21-4)24-15(3)16-7-5-8-17(11-16)26-10-6-9-23-26/h5-12,14-15H,13H2,1-4H3,(H2,21,22,24). The predicted octanol–water partition coefficient (Wildman–Crippen LogP) is 3.41. The lowest BCUT2D eigenvalue weighted by Crippen LogP contribution is -2.38. The molecule has 2 heterocycles. The summed E-state index contributed by atoms with van der Waals surface area (Å²) in [4.78, 5) is 4.30.